The summed E-state index contributed by atoms with van der Waals surface area (Å²) in [6, 6.07) is 5.89. The number of anilines is 1. The number of nitrogens with zero attached hydrogens (tertiary/aromatic N) is 1. The Bertz CT molecular complexity index is 432. The molecule has 18 heavy (non-hydrogen) atoms. The van der Waals surface area contributed by atoms with Gasteiger partial charge in [0.2, 0.25) is 0 Å². The standard InChI is InChI=1S/C14H20BrNO2/c1-10(17)11-4-5-13(12(15)8-11)16-7-3-6-14(2,18)9-16/h4-5,8,10,17-18H,3,6-7,9H2,1-2H3. The van der Waals surface area contributed by atoms with Gasteiger partial charge in [-0.15, -0.1) is 0 Å². The molecule has 0 aromatic heterocycles. The summed E-state index contributed by atoms with van der Waals surface area (Å²) in [6.07, 6.45) is 1.39. The van der Waals surface area contributed by atoms with Gasteiger partial charge in [-0.3, -0.25) is 0 Å². The Hall–Kier alpha value is -0.580. The third-order valence-corrected chi connectivity index (χ3v) is 4.10. The van der Waals surface area contributed by atoms with Crippen molar-refractivity contribution >= 4 is 21.6 Å². The molecule has 4 heteroatoms. The fraction of sp³-hybridized carbons (Fsp3) is 0.571. The fourth-order valence-electron chi connectivity index (χ4n) is 2.47. The van der Waals surface area contributed by atoms with Crippen LogP contribution in [0.2, 0.25) is 0 Å². The first kappa shape index (κ1) is 13.8. The van der Waals surface area contributed by atoms with E-state index < -0.39 is 11.7 Å². The van der Waals surface area contributed by atoms with Gasteiger partial charge < -0.3 is 15.1 Å². The van der Waals surface area contributed by atoms with Crippen LogP contribution in [0.15, 0.2) is 22.7 Å². The van der Waals surface area contributed by atoms with Crippen LogP contribution in [0.25, 0.3) is 0 Å². The topological polar surface area (TPSA) is 43.7 Å². The molecule has 2 atom stereocenters. The van der Waals surface area contributed by atoms with Gasteiger partial charge in [0.15, 0.2) is 0 Å². The van der Waals surface area contributed by atoms with Gasteiger partial charge in [0, 0.05) is 17.6 Å². The first-order valence-corrected chi connectivity index (χ1v) is 7.13. The molecular formula is C14H20BrNO2. The number of β-amino-alcohol motifs (C(OH)–C–C–N with tert-alkyl or cyclic N) is 1. The van der Waals surface area contributed by atoms with Crippen LogP contribution in [0.5, 0.6) is 0 Å². The summed E-state index contributed by atoms with van der Waals surface area (Å²) < 4.78 is 0.971. The van der Waals surface area contributed by atoms with E-state index in [0.717, 1.165) is 35.1 Å². The fourth-order valence-corrected chi connectivity index (χ4v) is 3.11. The number of rotatable bonds is 2. The third kappa shape index (κ3) is 3.05. The van der Waals surface area contributed by atoms with E-state index in [2.05, 4.69) is 20.8 Å². The monoisotopic (exact) mass is 313 g/mol. The molecule has 1 aromatic carbocycles. The molecule has 2 rings (SSSR count). The zero-order valence-corrected chi connectivity index (χ0v) is 12.4. The van der Waals surface area contributed by atoms with Crippen molar-refractivity contribution in [2.75, 3.05) is 18.0 Å². The molecule has 100 valence electrons. The lowest BCUT2D eigenvalue weighted by atomic mass is 9.94. The first-order valence-electron chi connectivity index (χ1n) is 6.34. The van der Waals surface area contributed by atoms with E-state index in [9.17, 15) is 10.2 Å². The van der Waals surface area contributed by atoms with Crippen LogP contribution in [-0.2, 0) is 0 Å². The Morgan fingerprint density at radius 3 is 2.72 bits per heavy atom. The van der Waals surface area contributed by atoms with E-state index in [1.807, 2.05) is 25.1 Å². The van der Waals surface area contributed by atoms with E-state index >= 15 is 0 Å². The summed E-state index contributed by atoms with van der Waals surface area (Å²) in [7, 11) is 0. The van der Waals surface area contributed by atoms with Gasteiger partial charge in [0.05, 0.1) is 17.4 Å². The molecule has 0 aliphatic carbocycles. The summed E-state index contributed by atoms with van der Waals surface area (Å²) >= 11 is 3.55. The van der Waals surface area contributed by atoms with Crippen molar-refractivity contribution in [1.82, 2.24) is 0 Å². The van der Waals surface area contributed by atoms with Crippen LogP contribution in [0, 0.1) is 0 Å². The van der Waals surface area contributed by atoms with Crippen LogP contribution >= 0.6 is 15.9 Å². The largest absolute Gasteiger partial charge is 0.389 e. The highest BCUT2D eigenvalue weighted by atomic mass is 79.9. The maximum atomic E-state index is 10.1. The average Bonchev–Trinajstić information content (AvgIpc) is 2.27. The van der Waals surface area contributed by atoms with Crippen LogP contribution in [-0.4, -0.2) is 28.9 Å². The van der Waals surface area contributed by atoms with Gasteiger partial charge in [0.25, 0.3) is 0 Å². The smallest absolute Gasteiger partial charge is 0.0794 e. The minimum atomic E-state index is -0.610. The normalized spacial score (nSPS) is 26.2. The lowest BCUT2D eigenvalue weighted by Crippen LogP contribution is -2.46. The molecule has 2 N–H and O–H groups in total. The minimum absolute atomic E-state index is 0.459. The van der Waals surface area contributed by atoms with Crippen molar-refractivity contribution in [2.24, 2.45) is 0 Å². The third-order valence-electron chi connectivity index (χ3n) is 3.47. The first-order chi connectivity index (χ1) is 8.39. The highest BCUT2D eigenvalue weighted by Crippen LogP contribution is 2.33. The maximum Gasteiger partial charge on any atom is 0.0794 e. The van der Waals surface area contributed by atoms with Gasteiger partial charge in [-0.1, -0.05) is 6.07 Å². The summed E-state index contributed by atoms with van der Waals surface area (Å²) in [6.45, 7) is 5.26. The summed E-state index contributed by atoms with van der Waals surface area (Å²) in [5, 5.41) is 19.7. The quantitative estimate of drug-likeness (QED) is 0.882. The van der Waals surface area contributed by atoms with Crippen LogP contribution in [0.3, 0.4) is 0 Å². The molecule has 1 saturated heterocycles. The van der Waals surface area contributed by atoms with Gasteiger partial charge >= 0.3 is 0 Å². The summed E-state index contributed by atoms with van der Waals surface area (Å²) in [5.74, 6) is 0. The molecule has 0 bridgehead atoms. The molecule has 0 radical (unpaired) electrons. The molecule has 2 unspecified atom stereocenters. The zero-order valence-electron chi connectivity index (χ0n) is 10.9. The van der Waals surface area contributed by atoms with E-state index in [0.29, 0.717) is 6.54 Å². The second-order valence-corrected chi connectivity index (χ2v) is 6.26. The van der Waals surface area contributed by atoms with Gasteiger partial charge in [-0.2, -0.15) is 0 Å². The minimum Gasteiger partial charge on any atom is -0.389 e. The van der Waals surface area contributed by atoms with E-state index in [4.69, 9.17) is 0 Å². The average molecular weight is 314 g/mol. The Labute approximate surface area is 117 Å². The zero-order chi connectivity index (χ0) is 13.3. The van der Waals surface area contributed by atoms with Crippen LogP contribution in [0.1, 0.15) is 38.4 Å². The molecule has 0 spiro atoms. The van der Waals surface area contributed by atoms with Crippen molar-refractivity contribution in [2.45, 2.75) is 38.4 Å². The van der Waals surface area contributed by atoms with Crippen LogP contribution in [0.4, 0.5) is 5.69 Å². The van der Waals surface area contributed by atoms with Gasteiger partial charge in [-0.25, -0.2) is 0 Å². The summed E-state index contributed by atoms with van der Waals surface area (Å²) in [4.78, 5) is 2.19. The van der Waals surface area contributed by atoms with Crippen LogP contribution < -0.4 is 4.90 Å². The molecule has 0 saturated carbocycles. The molecule has 1 aliphatic heterocycles. The van der Waals surface area contributed by atoms with E-state index in [1.165, 1.54) is 0 Å². The van der Waals surface area contributed by atoms with E-state index in [-0.39, 0.29) is 0 Å². The van der Waals surface area contributed by atoms with Crippen molar-refractivity contribution < 1.29 is 10.2 Å². The highest BCUT2D eigenvalue weighted by molar-refractivity contribution is 9.10. The predicted octanol–water partition coefficient (Wildman–Crippen LogP) is 2.85. The molecule has 3 nitrogen and oxygen atoms in total. The number of benzene rings is 1. The lowest BCUT2D eigenvalue weighted by molar-refractivity contribution is 0.0449. The number of aliphatic hydroxyl groups is 2. The Morgan fingerprint density at radius 2 is 2.17 bits per heavy atom. The van der Waals surface area contributed by atoms with Crippen molar-refractivity contribution in [3.63, 3.8) is 0 Å². The van der Waals surface area contributed by atoms with Gasteiger partial charge in [-0.05, 0) is 60.3 Å². The highest BCUT2D eigenvalue weighted by Gasteiger charge is 2.29. The number of hydrogen-bond donors (Lipinski definition) is 2. The van der Waals surface area contributed by atoms with Crippen molar-refractivity contribution in [3.05, 3.63) is 28.2 Å². The van der Waals surface area contributed by atoms with E-state index in [1.54, 1.807) is 6.92 Å². The Morgan fingerprint density at radius 1 is 1.44 bits per heavy atom. The molecular weight excluding hydrogens is 294 g/mol. The number of hydrogen-bond acceptors (Lipinski definition) is 3. The second kappa shape index (κ2) is 5.19. The van der Waals surface area contributed by atoms with Gasteiger partial charge in [0.1, 0.15) is 0 Å². The Balaban J connectivity index is 2.23. The molecule has 1 fully saturated rings. The lowest BCUT2D eigenvalue weighted by Gasteiger charge is -2.38. The number of aliphatic hydroxyl groups excluding tert-OH is 1. The number of halogens is 1. The molecule has 1 heterocycles. The predicted molar refractivity (Wildman–Crippen MR) is 76.8 cm³/mol. The molecule has 1 aromatic rings. The maximum absolute atomic E-state index is 10.1. The molecule has 1 aliphatic rings. The SMILES string of the molecule is CC(O)c1ccc(N2CCCC(C)(O)C2)c(Br)c1. The Kier molecular flexibility index (Phi) is 3.99. The number of piperidine rings is 1. The molecule has 0 amide bonds. The summed E-state index contributed by atoms with van der Waals surface area (Å²) in [5.41, 5.74) is 1.37. The second-order valence-electron chi connectivity index (χ2n) is 5.41. The van der Waals surface area contributed by atoms with Crippen molar-refractivity contribution in [1.29, 1.82) is 0 Å². The van der Waals surface area contributed by atoms with Crippen molar-refractivity contribution in [3.8, 4) is 0 Å².